The molecule has 2 aromatic carbocycles. The monoisotopic (exact) mass is 469 g/mol. The number of carbonyl (C=O) groups excluding carboxylic acids is 4. The van der Waals surface area contributed by atoms with Gasteiger partial charge in [0, 0.05) is 36.1 Å². The van der Waals surface area contributed by atoms with Crippen molar-refractivity contribution in [2.45, 2.75) is 18.9 Å². The first-order chi connectivity index (χ1) is 15.8. The molecule has 0 bridgehead atoms. The van der Waals surface area contributed by atoms with Crippen molar-refractivity contribution in [1.29, 1.82) is 0 Å². The summed E-state index contributed by atoms with van der Waals surface area (Å²) >= 11 is 5.87. The molecule has 0 aliphatic carbocycles. The molecule has 0 radical (unpaired) electrons. The molecule has 172 valence electrons. The van der Waals surface area contributed by atoms with E-state index in [1.165, 1.54) is 0 Å². The highest BCUT2D eigenvalue weighted by Crippen LogP contribution is 2.23. The van der Waals surface area contributed by atoms with E-state index in [9.17, 15) is 24.3 Å². The van der Waals surface area contributed by atoms with Crippen LogP contribution in [0, 0.1) is 5.92 Å². The number of likely N-dealkylation sites (tertiary alicyclic amines) is 1. The standard InChI is InChI=1S/C24H24ClN3O5/c25-17-7-5-16(6-8-17)22(31)27-11-9-15(10-12-27)21(30)26-13-18(29)14-28-23(32)19-3-1-2-4-20(19)24(28)33/h1-8,15,18,29H,9-14H2,(H,26,30). The van der Waals surface area contributed by atoms with Gasteiger partial charge in [0.1, 0.15) is 0 Å². The largest absolute Gasteiger partial charge is 0.389 e. The summed E-state index contributed by atoms with van der Waals surface area (Å²) in [6.45, 7) is 0.644. The van der Waals surface area contributed by atoms with Gasteiger partial charge >= 0.3 is 0 Å². The summed E-state index contributed by atoms with van der Waals surface area (Å²) in [5.41, 5.74) is 1.19. The third-order valence-corrected chi connectivity index (χ3v) is 6.28. The van der Waals surface area contributed by atoms with E-state index in [-0.39, 0.29) is 30.8 Å². The lowest BCUT2D eigenvalue weighted by atomic mass is 9.95. The average molecular weight is 470 g/mol. The lowest BCUT2D eigenvalue weighted by Gasteiger charge is -2.31. The normalized spacial score (nSPS) is 17.2. The summed E-state index contributed by atoms with van der Waals surface area (Å²) in [5, 5.41) is 13.6. The van der Waals surface area contributed by atoms with Crippen LogP contribution in [0.5, 0.6) is 0 Å². The van der Waals surface area contributed by atoms with Crippen molar-refractivity contribution in [1.82, 2.24) is 15.1 Å². The molecule has 1 saturated heterocycles. The maximum Gasteiger partial charge on any atom is 0.261 e. The number of aliphatic hydroxyl groups excluding tert-OH is 1. The fraction of sp³-hybridized carbons (Fsp3) is 0.333. The zero-order chi connectivity index (χ0) is 23.5. The number of β-amino-alcohol motifs (C(OH)–C–C–N with tert-alkyl or cyclic N) is 1. The predicted octanol–water partition coefficient (Wildman–Crippen LogP) is 1.97. The van der Waals surface area contributed by atoms with Gasteiger partial charge in [-0.2, -0.15) is 0 Å². The molecule has 4 amide bonds. The van der Waals surface area contributed by atoms with Crippen LogP contribution in [0.4, 0.5) is 0 Å². The molecule has 8 nitrogen and oxygen atoms in total. The van der Waals surface area contributed by atoms with E-state index in [2.05, 4.69) is 5.32 Å². The number of rotatable bonds is 6. The molecule has 4 rings (SSSR count). The molecule has 0 spiro atoms. The minimum atomic E-state index is -1.08. The Hall–Kier alpha value is -3.23. The molecule has 33 heavy (non-hydrogen) atoms. The number of nitrogens with one attached hydrogen (secondary N) is 1. The number of benzene rings is 2. The molecule has 2 aromatic rings. The zero-order valence-electron chi connectivity index (χ0n) is 17.9. The average Bonchev–Trinajstić information content (AvgIpc) is 3.07. The van der Waals surface area contributed by atoms with Crippen LogP contribution in [-0.2, 0) is 4.79 Å². The van der Waals surface area contributed by atoms with Gasteiger partial charge in [0.25, 0.3) is 17.7 Å². The van der Waals surface area contributed by atoms with E-state index >= 15 is 0 Å². The van der Waals surface area contributed by atoms with Gasteiger partial charge in [0.05, 0.1) is 23.8 Å². The highest BCUT2D eigenvalue weighted by Gasteiger charge is 2.36. The first-order valence-corrected chi connectivity index (χ1v) is 11.2. The van der Waals surface area contributed by atoms with E-state index < -0.39 is 17.9 Å². The summed E-state index contributed by atoms with van der Waals surface area (Å²) in [4.78, 5) is 52.7. The fourth-order valence-corrected chi connectivity index (χ4v) is 4.29. The highest BCUT2D eigenvalue weighted by molar-refractivity contribution is 6.30. The van der Waals surface area contributed by atoms with Crippen LogP contribution in [0.25, 0.3) is 0 Å². The molecule has 0 aromatic heterocycles. The van der Waals surface area contributed by atoms with Crippen molar-refractivity contribution >= 4 is 35.2 Å². The molecule has 2 heterocycles. The van der Waals surface area contributed by atoms with E-state index in [1.54, 1.807) is 53.4 Å². The van der Waals surface area contributed by atoms with Crippen molar-refractivity contribution in [3.63, 3.8) is 0 Å². The Bertz CT molecular complexity index is 1040. The van der Waals surface area contributed by atoms with Gasteiger partial charge in [-0.1, -0.05) is 23.7 Å². The quantitative estimate of drug-likeness (QED) is 0.629. The molecule has 2 aliphatic heterocycles. The van der Waals surface area contributed by atoms with Gasteiger partial charge in [-0.3, -0.25) is 24.1 Å². The number of hydrogen-bond acceptors (Lipinski definition) is 5. The summed E-state index contributed by atoms with van der Waals surface area (Å²) in [6, 6.07) is 13.2. The van der Waals surface area contributed by atoms with Gasteiger partial charge in [-0.05, 0) is 49.2 Å². The number of halogens is 1. The van der Waals surface area contributed by atoms with Gasteiger partial charge < -0.3 is 15.3 Å². The Morgan fingerprint density at radius 2 is 1.58 bits per heavy atom. The Morgan fingerprint density at radius 1 is 1.00 bits per heavy atom. The number of hydrogen-bond donors (Lipinski definition) is 2. The molecule has 2 aliphatic rings. The third-order valence-electron chi connectivity index (χ3n) is 6.03. The summed E-state index contributed by atoms with van der Waals surface area (Å²) in [5.74, 6) is -1.47. The van der Waals surface area contributed by atoms with Crippen molar-refractivity contribution in [2.75, 3.05) is 26.2 Å². The SMILES string of the molecule is O=C(NCC(O)CN1C(=O)c2ccccc2C1=O)C1CCN(C(=O)c2ccc(Cl)cc2)CC1. The minimum Gasteiger partial charge on any atom is -0.389 e. The van der Waals surface area contributed by atoms with Crippen LogP contribution < -0.4 is 5.32 Å². The molecular formula is C24H24ClN3O5. The van der Waals surface area contributed by atoms with E-state index in [0.717, 1.165) is 4.90 Å². The van der Waals surface area contributed by atoms with Gasteiger partial charge in [-0.15, -0.1) is 0 Å². The van der Waals surface area contributed by atoms with Crippen LogP contribution in [0.3, 0.4) is 0 Å². The first kappa shape index (κ1) is 22.9. The maximum atomic E-state index is 12.6. The molecule has 1 atom stereocenters. The maximum absolute atomic E-state index is 12.6. The minimum absolute atomic E-state index is 0.0733. The second kappa shape index (κ2) is 9.72. The van der Waals surface area contributed by atoms with Crippen molar-refractivity contribution in [2.24, 2.45) is 5.92 Å². The molecule has 1 unspecified atom stereocenters. The second-order valence-electron chi connectivity index (χ2n) is 8.24. The number of imide groups is 1. The van der Waals surface area contributed by atoms with Crippen molar-refractivity contribution in [3.8, 4) is 0 Å². The smallest absolute Gasteiger partial charge is 0.261 e. The summed E-state index contributed by atoms with van der Waals surface area (Å²) in [7, 11) is 0. The topological polar surface area (TPSA) is 107 Å². The number of carbonyl (C=O) groups is 4. The number of fused-ring (bicyclic) bond motifs is 1. The first-order valence-electron chi connectivity index (χ1n) is 10.8. The fourth-order valence-electron chi connectivity index (χ4n) is 4.16. The number of amides is 4. The number of piperidine rings is 1. The molecule has 1 fully saturated rings. The Kier molecular flexibility index (Phi) is 6.76. The molecule has 0 saturated carbocycles. The number of nitrogens with zero attached hydrogens (tertiary/aromatic N) is 2. The third kappa shape index (κ3) is 4.91. The van der Waals surface area contributed by atoms with Crippen LogP contribution in [0.1, 0.15) is 43.9 Å². The van der Waals surface area contributed by atoms with Crippen molar-refractivity contribution < 1.29 is 24.3 Å². The molecule has 9 heteroatoms. The molecule has 2 N–H and O–H groups in total. The van der Waals surface area contributed by atoms with Gasteiger partial charge in [0.2, 0.25) is 5.91 Å². The number of aliphatic hydroxyl groups is 1. The van der Waals surface area contributed by atoms with Crippen LogP contribution in [0.15, 0.2) is 48.5 Å². The van der Waals surface area contributed by atoms with E-state index in [0.29, 0.717) is 47.6 Å². The Balaban J connectivity index is 1.23. The Labute approximate surface area is 196 Å². The van der Waals surface area contributed by atoms with Gasteiger partial charge in [0.15, 0.2) is 0 Å². The highest BCUT2D eigenvalue weighted by atomic mass is 35.5. The van der Waals surface area contributed by atoms with Crippen LogP contribution in [-0.4, -0.2) is 70.8 Å². The lowest BCUT2D eigenvalue weighted by Crippen LogP contribution is -2.46. The van der Waals surface area contributed by atoms with E-state index in [1.807, 2.05) is 0 Å². The van der Waals surface area contributed by atoms with E-state index in [4.69, 9.17) is 11.6 Å². The Morgan fingerprint density at radius 3 is 2.15 bits per heavy atom. The summed E-state index contributed by atoms with van der Waals surface area (Å²) in [6.07, 6.45) is -0.0537. The van der Waals surface area contributed by atoms with Gasteiger partial charge in [-0.25, -0.2) is 0 Å². The lowest BCUT2D eigenvalue weighted by molar-refractivity contribution is -0.126. The predicted molar refractivity (Wildman–Crippen MR) is 121 cm³/mol. The van der Waals surface area contributed by atoms with Crippen LogP contribution in [0.2, 0.25) is 5.02 Å². The van der Waals surface area contributed by atoms with Crippen LogP contribution >= 0.6 is 11.6 Å². The molecular weight excluding hydrogens is 446 g/mol. The second-order valence-corrected chi connectivity index (χ2v) is 8.68. The zero-order valence-corrected chi connectivity index (χ0v) is 18.6. The van der Waals surface area contributed by atoms with Crippen molar-refractivity contribution in [3.05, 3.63) is 70.2 Å². The summed E-state index contributed by atoms with van der Waals surface area (Å²) < 4.78 is 0.